The highest BCUT2D eigenvalue weighted by Crippen LogP contribution is 2.32. The summed E-state index contributed by atoms with van der Waals surface area (Å²) in [5, 5.41) is 11.8. The van der Waals surface area contributed by atoms with Crippen LogP contribution in [-0.2, 0) is 25.5 Å². The summed E-state index contributed by atoms with van der Waals surface area (Å²) in [6.07, 6.45) is 0.673. The molecular weight excluding hydrogens is 408 g/mol. The SMILES string of the molecule is CC(C)(COC(=O)NCCc1ccc2c(c1)OCO2)C(=O)C(=O)N1CCC[C@@H]1C(=O)O. The largest absolute Gasteiger partial charge is 0.480 e. The molecule has 2 N–H and O–H groups in total. The summed E-state index contributed by atoms with van der Waals surface area (Å²) in [5.41, 5.74) is -0.332. The molecule has 0 aromatic heterocycles. The third-order valence-corrected chi connectivity index (χ3v) is 5.29. The van der Waals surface area contributed by atoms with Crippen molar-refractivity contribution >= 4 is 23.8 Å². The average molecular weight is 434 g/mol. The molecule has 3 rings (SSSR count). The second kappa shape index (κ2) is 9.23. The van der Waals surface area contributed by atoms with E-state index in [1.807, 2.05) is 12.1 Å². The molecule has 2 aliphatic heterocycles. The Morgan fingerprint density at radius 3 is 2.71 bits per heavy atom. The lowest BCUT2D eigenvalue weighted by molar-refractivity contribution is -0.155. The zero-order valence-corrected chi connectivity index (χ0v) is 17.5. The summed E-state index contributed by atoms with van der Waals surface area (Å²) in [4.78, 5) is 49.4. The number of hydrogen-bond donors (Lipinski definition) is 2. The van der Waals surface area contributed by atoms with Crippen molar-refractivity contribution in [3.8, 4) is 11.5 Å². The van der Waals surface area contributed by atoms with Gasteiger partial charge in [-0.2, -0.15) is 0 Å². The van der Waals surface area contributed by atoms with E-state index in [2.05, 4.69) is 5.32 Å². The fourth-order valence-corrected chi connectivity index (χ4v) is 3.45. The molecule has 1 aromatic carbocycles. The number of carboxylic acid groups (broad SMARTS) is 1. The number of carboxylic acids is 1. The van der Waals surface area contributed by atoms with Gasteiger partial charge in [0.15, 0.2) is 11.5 Å². The molecule has 0 spiro atoms. The number of fused-ring (bicyclic) bond motifs is 1. The Kier molecular flexibility index (Phi) is 6.67. The minimum absolute atomic E-state index is 0.190. The smallest absolute Gasteiger partial charge is 0.407 e. The van der Waals surface area contributed by atoms with Crippen LogP contribution in [0, 0.1) is 5.41 Å². The van der Waals surface area contributed by atoms with Gasteiger partial charge in [-0.25, -0.2) is 9.59 Å². The first-order chi connectivity index (χ1) is 14.7. The molecule has 1 saturated heterocycles. The highest BCUT2D eigenvalue weighted by atomic mass is 16.7. The topological polar surface area (TPSA) is 131 Å². The van der Waals surface area contributed by atoms with Crippen molar-refractivity contribution in [2.75, 3.05) is 26.5 Å². The van der Waals surface area contributed by atoms with Gasteiger partial charge >= 0.3 is 12.1 Å². The number of rotatable bonds is 8. The third kappa shape index (κ3) is 5.25. The molecule has 0 bridgehead atoms. The molecule has 1 atom stereocenters. The lowest BCUT2D eigenvalue weighted by Gasteiger charge is -2.27. The van der Waals surface area contributed by atoms with Crippen molar-refractivity contribution in [3.05, 3.63) is 23.8 Å². The summed E-state index contributed by atoms with van der Waals surface area (Å²) in [6.45, 7) is 3.38. The van der Waals surface area contributed by atoms with E-state index in [1.165, 1.54) is 13.8 Å². The van der Waals surface area contributed by atoms with Crippen LogP contribution in [0.25, 0.3) is 0 Å². The van der Waals surface area contributed by atoms with Crippen LogP contribution in [0.5, 0.6) is 11.5 Å². The summed E-state index contributed by atoms with van der Waals surface area (Å²) in [7, 11) is 0. The van der Waals surface area contributed by atoms with Crippen LogP contribution in [-0.4, -0.2) is 66.3 Å². The maximum atomic E-state index is 12.6. The van der Waals surface area contributed by atoms with Gasteiger partial charge < -0.3 is 29.5 Å². The highest BCUT2D eigenvalue weighted by Gasteiger charge is 2.42. The standard InChI is InChI=1S/C21H26N2O8/c1-21(2,17(24)18(25)23-9-3-4-14(23)19(26)27)11-29-20(28)22-8-7-13-5-6-15-16(10-13)31-12-30-15/h5-6,10,14H,3-4,7-9,11-12H2,1-2H3,(H,22,28)(H,26,27)/t14-/m1/s1. The highest BCUT2D eigenvalue weighted by molar-refractivity contribution is 6.38. The van der Waals surface area contributed by atoms with Crippen molar-refractivity contribution in [2.45, 2.75) is 39.2 Å². The van der Waals surface area contributed by atoms with Crippen molar-refractivity contribution in [2.24, 2.45) is 5.41 Å². The van der Waals surface area contributed by atoms with E-state index in [1.54, 1.807) is 6.07 Å². The van der Waals surface area contributed by atoms with Crippen LogP contribution in [0.3, 0.4) is 0 Å². The monoisotopic (exact) mass is 434 g/mol. The number of Topliss-reactive ketones (excluding diaryl/α,β-unsaturated/α-hetero) is 1. The minimum atomic E-state index is -1.28. The van der Waals surface area contributed by atoms with Crippen LogP contribution in [0.4, 0.5) is 4.79 Å². The number of nitrogens with one attached hydrogen (secondary N) is 1. The van der Waals surface area contributed by atoms with Crippen molar-refractivity contribution in [1.29, 1.82) is 0 Å². The molecule has 2 heterocycles. The summed E-state index contributed by atoms with van der Waals surface area (Å²) in [5.74, 6) is -1.43. The molecule has 31 heavy (non-hydrogen) atoms. The second-order valence-corrected chi connectivity index (χ2v) is 8.15. The molecule has 1 aromatic rings. The Bertz CT molecular complexity index is 882. The fourth-order valence-electron chi connectivity index (χ4n) is 3.45. The van der Waals surface area contributed by atoms with E-state index in [4.69, 9.17) is 14.2 Å². The average Bonchev–Trinajstić information content (AvgIpc) is 3.40. The predicted molar refractivity (Wildman–Crippen MR) is 107 cm³/mol. The number of alkyl carbamates (subject to hydrolysis) is 1. The van der Waals surface area contributed by atoms with E-state index in [-0.39, 0.29) is 19.9 Å². The molecule has 0 radical (unpaired) electrons. The van der Waals surface area contributed by atoms with Gasteiger partial charge in [0.1, 0.15) is 12.6 Å². The Balaban J connectivity index is 1.44. The van der Waals surface area contributed by atoms with E-state index >= 15 is 0 Å². The predicted octanol–water partition coefficient (Wildman–Crippen LogP) is 1.35. The first kappa shape index (κ1) is 22.4. The number of carbonyl (C=O) groups excluding carboxylic acids is 3. The second-order valence-electron chi connectivity index (χ2n) is 8.15. The van der Waals surface area contributed by atoms with E-state index in [0.717, 1.165) is 10.5 Å². The van der Waals surface area contributed by atoms with Crippen molar-refractivity contribution < 1.29 is 38.5 Å². The van der Waals surface area contributed by atoms with Gasteiger partial charge in [-0.1, -0.05) is 6.07 Å². The number of nitrogens with zero attached hydrogens (tertiary/aromatic N) is 1. The normalized spacial score (nSPS) is 17.4. The molecule has 2 amide bonds. The molecule has 1 fully saturated rings. The van der Waals surface area contributed by atoms with E-state index in [0.29, 0.717) is 37.3 Å². The van der Waals surface area contributed by atoms with Gasteiger partial charge in [0, 0.05) is 13.1 Å². The maximum absolute atomic E-state index is 12.6. The molecule has 0 unspecified atom stereocenters. The Labute approximate surface area is 179 Å². The number of ketones is 1. The number of benzene rings is 1. The number of ether oxygens (including phenoxy) is 3. The van der Waals surface area contributed by atoms with Crippen LogP contribution in [0.1, 0.15) is 32.3 Å². The molecule has 10 nitrogen and oxygen atoms in total. The maximum Gasteiger partial charge on any atom is 0.407 e. The molecule has 10 heteroatoms. The van der Waals surface area contributed by atoms with Crippen molar-refractivity contribution in [1.82, 2.24) is 10.2 Å². The minimum Gasteiger partial charge on any atom is -0.480 e. The fraction of sp³-hybridized carbons (Fsp3) is 0.524. The van der Waals surface area contributed by atoms with Crippen LogP contribution >= 0.6 is 0 Å². The number of aliphatic carboxylic acids is 1. The Hall–Kier alpha value is -3.30. The summed E-state index contributed by atoms with van der Waals surface area (Å²) in [6, 6.07) is 4.52. The number of likely N-dealkylation sites (tertiary alicyclic amines) is 1. The molecule has 168 valence electrons. The number of amides is 2. The van der Waals surface area contributed by atoms with Crippen LogP contribution in [0.15, 0.2) is 18.2 Å². The molecule has 0 aliphatic carbocycles. The van der Waals surface area contributed by atoms with Gasteiger partial charge in [0.2, 0.25) is 12.6 Å². The van der Waals surface area contributed by atoms with Crippen LogP contribution in [0.2, 0.25) is 0 Å². The Morgan fingerprint density at radius 2 is 1.97 bits per heavy atom. The third-order valence-electron chi connectivity index (χ3n) is 5.29. The van der Waals surface area contributed by atoms with Crippen molar-refractivity contribution in [3.63, 3.8) is 0 Å². The van der Waals surface area contributed by atoms with Gasteiger partial charge in [-0.15, -0.1) is 0 Å². The molecular formula is C21H26N2O8. The number of hydrogen-bond acceptors (Lipinski definition) is 7. The number of carbonyl (C=O) groups is 4. The van der Waals surface area contributed by atoms with Gasteiger partial charge in [-0.05, 0) is 50.8 Å². The Morgan fingerprint density at radius 1 is 1.23 bits per heavy atom. The zero-order valence-electron chi connectivity index (χ0n) is 17.5. The van der Waals surface area contributed by atoms with Gasteiger partial charge in [-0.3, -0.25) is 9.59 Å². The van der Waals surface area contributed by atoms with E-state index < -0.39 is 35.2 Å². The van der Waals surface area contributed by atoms with Gasteiger partial charge in [0.05, 0.1) is 5.41 Å². The molecule has 0 saturated carbocycles. The van der Waals surface area contributed by atoms with E-state index in [9.17, 15) is 24.3 Å². The first-order valence-electron chi connectivity index (χ1n) is 10.1. The molecule has 2 aliphatic rings. The first-order valence-corrected chi connectivity index (χ1v) is 10.1. The summed E-state index contributed by atoms with van der Waals surface area (Å²) < 4.78 is 15.7. The van der Waals surface area contributed by atoms with Crippen LogP contribution < -0.4 is 14.8 Å². The summed E-state index contributed by atoms with van der Waals surface area (Å²) >= 11 is 0. The lowest BCUT2D eigenvalue weighted by atomic mass is 9.88. The van der Waals surface area contributed by atoms with Gasteiger partial charge in [0.25, 0.3) is 5.91 Å². The zero-order chi connectivity index (χ0) is 22.6. The lowest BCUT2D eigenvalue weighted by Crippen LogP contribution is -2.49. The quantitative estimate of drug-likeness (QED) is 0.586.